The van der Waals surface area contributed by atoms with Gasteiger partial charge in [0.2, 0.25) is 11.8 Å². The fourth-order valence-electron chi connectivity index (χ4n) is 4.26. The second-order valence-corrected chi connectivity index (χ2v) is 8.10. The summed E-state index contributed by atoms with van der Waals surface area (Å²) in [6, 6.07) is 5.10. The van der Waals surface area contributed by atoms with Crippen LogP contribution in [-0.4, -0.2) is 61.5 Å². The van der Waals surface area contributed by atoms with Gasteiger partial charge in [-0.15, -0.1) is 0 Å². The Labute approximate surface area is 176 Å². The highest BCUT2D eigenvalue weighted by molar-refractivity contribution is 5.94. The summed E-state index contributed by atoms with van der Waals surface area (Å²) < 4.78 is 18.0. The van der Waals surface area contributed by atoms with Crippen molar-refractivity contribution in [3.05, 3.63) is 35.6 Å². The van der Waals surface area contributed by atoms with Crippen LogP contribution in [0.5, 0.6) is 0 Å². The Bertz CT molecular complexity index is 755. The third-order valence-electron chi connectivity index (χ3n) is 5.93. The maximum Gasteiger partial charge on any atom is 0.251 e. The van der Waals surface area contributed by atoms with Crippen molar-refractivity contribution in [3.63, 3.8) is 0 Å². The highest BCUT2D eigenvalue weighted by atomic mass is 19.1. The van der Waals surface area contributed by atoms with E-state index in [4.69, 9.17) is 4.74 Å². The molecule has 164 valence electrons. The van der Waals surface area contributed by atoms with Gasteiger partial charge in [-0.2, -0.15) is 0 Å². The Balaban J connectivity index is 1.58. The lowest BCUT2D eigenvalue weighted by Crippen LogP contribution is -2.55. The molecule has 1 aromatic carbocycles. The summed E-state index contributed by atoms with van der Waals surface area (Å²) in [7, 11) is 1.48. The first-order valence-electron chi connectivity index (χ1n) is 10.6. The Morgan fingerprint density at radius 3 is 2.37 bits per heavy atom. The van der Waals surface area contributed by atoms with E-state index in [2.05, 4.69) is 10.6 Å². The number of benzene rings is 1. The topological polar surface area (TPSA) is 87.7 Å². The van der Waals surface area contributed by atoms with Gasteiger partial charge in [0.1, 0.15) is 12.4 Å². The first kappa shape index (κ1) is 22.2. The molecule has 30 heavy (non-hydrogen) atoms. The lowest BCUT2D eigenvalue weighted by Gasteiger charge is -2.36. The third kappa shape index (κ3) is 5.78. The van der Waals surface area contributed by atoms with E-state index in [-0.39, 0.29) is 48.1 Å². The average Bonchev–Trinajstić information content (AvgIpc) is 2.75. The largest absolute Gasteiger partial charge is 0.375 e. The molecule has 0 bridgehead atoms. The lowest BCUT2D eigenvalue weighted by atomic mass is 9.88. The van der Waals surface area contributed by atoms with E-state index >= 15 is 0 Å². The van der Waals surface area contributed by atoms with Crippen LogP contribution in [0.25, 0.3) is 0 Å². The number of rotatable bonds is 6. The molecule has 3 rings (SSSR count). The number of carbonyl (C=O) groups excluding carboxylic acids is 3. The number of hydrogen-bond donors (Lipinski definition) is 2. The summed E-state index contributed by atoms with van der Waals surface area (Å²) in [5.74, 6) is -1.08. The molecule has 2 aliphatic rings. The van der Waals surface area contributed by atoms with Gasteiger partial charge >= 0.3 is 0 Å². The normalized spacial score (nSPS) is 24.2. The molecule has 1 aromatic rings. The molecule has 1 aliphatic carbocycles. The maximum absolute atomic E-state index is 13.1. The van der Waals surface area contributed by atoms with E-state index in [1.807, 2.05) is 0 Å². The van der Waals surface area contributed by atoms with Crippen molar-refractivity contribution >= 4 is 17.7 Å². The highest BCUT2D eigenvalue weighted by Crippen LogP contribution is 2.22. The van der Waals surface area contributed by atoms with Crippen molar-refractivity contribution < 1.29 is 23.5 Å². The van der Waals surface area contributed by atoms with Crippen molar-refractivity contribution in [3.8, 4) is 0 Å². The number of ether oxygens (including phenoxy) is 1. The number of halogens is 1. The van der Waals surface area contributed by atoms with Gasteiger partial charge in [-0.25, -0.2) is 4.39 Å². The number of carbonyl (C=O) groups is 3. The molecule has 1 saturated heterocycles. The fraction of sp³-hybridized carbons (Fsp3) is 0.591. The number of amides is 3. The second-order valence-electron chi connectivity index (χ2n) is 8.10. The van der Waals surface area contributed by atoms with Gasteiger partial charge in [0.15, 0.2) is 0 Å². The van der Waals surface area contributed by atoms with Crippen molar-refractivity contribution in [2.24, 2.45) is 5.92 Å². The zero-order valence-corrected chi connectivity index (χ0v) is 17.4. The van der Waals surface area contributed by atoms with Crippen LogP contribution in [0, 0.1) is 11.7 Å². The van der Waals surface area contributed by atoms with Crippen LogP contribution in [0.4, 0.5) is 4.39 Å². The van der Waals surface area contributed by atoms with Gasteiger partial charge in [0.05, 0.1) is 5.92 Å². The first-order valence-corrected chi connectivity index (χ1v) is 10.6. The van der Waals surface area contributed by atoms with E-state index in [1.54, 1.807) is 4.90 Å². The van der Waals surface area contributed by atoms with E-state index in [0.29, 0.717) is 18.7 Å². The minimum Gasteiger partial charge on any atom is -0.375 e. The Morgan fingerprint density at radius 1 is 1.03 bits per heavy atom. The van der Waals surface area contributed by atoms with E-state index in [1.165, 1.54) is 31.4 Å². The zero-order chi connectivity index (χ0) is 21.5. The molecular formula is C22H30FN3O4. The van der Waals surface area contributed by atoms with E-state index in [0.717, 1.165) is 38.5 Å². The molecule has 1 heterocycles. The van der Waals surface area contributed by atoms with Crippen molar-refractivity contribution in [1.82, 2.24) is 15.5 Å². The predicted octanol–water partition coefficient (Wildman–Crippen LogP) is 1.87. The summed E-state index contributed by atoms with van der Waals surface area (Å²) in [4.78, 5) is 39.2. The van der Waals surface area contributed by atoms with Gasteiger partial charge in [0, 0.05) is 37.8 Å². The molecule has 0 aromatic heterocycles. The molecule has 2 unspecified atom stereocenters. The van der Waals surface area contributed by atoms with Gasteiger partial charge in [-0.3, -0.25) is 14.4 Å². The number of hydrogen-bond acceptors (Lipinski definition) is 4. The van der Waals surface area contributed by atoms with Crippen LogP contribution in [0.15, 0.2) is 24.3 Å². The molecule has 3 atom stereocenters. The van der Waals surface area contributed by atoms with E-state index in [9.17, 15) is 18.8 Å². The zero-order valence-electron chi connectivity index (χ0n) is 17.4. The molecule has 3 amide bonds. The van der Waals surface area contributed by atoms with Crippen LogP contribution < -0.4 is 10.6 Å². The van der Waals surface area contributed by atoms with Crippen LogP contribution in [0.3, 0.4) is 0 Å². The smallest absolute Gasteiger partial charge is 0.251 e. The van der Waals surface area contributed by atoms with Gasteiger partial charge in [-0.05, 0) is 49.9 Å². The highest BCUT2D eigenvalue weighted by Gasteiger charge is 2.33. The van der Waals surface area contributed by atoms with Crippen LogP contribution in [0.1, 0.15) is 48.9 Å². The number of piperidine rings is 1. The molecule has 1 aliphatic heterocycles. The summed E-state index contributed by atoms with van der Waals surface area (Å²) in [5, 5.41) is 6.11. The lowest BCUT2D eigenvalue weighted by molar-refractivity contribution is -0.139. The monoisotopic (exact) mass is 419 g/mol. The van der Waals surface area contributed by atoms with Crippen LogP contribution in [-0.2, 0) is 14.3 Å². The molecule has 8 heteroatoms. The van der Waals surface area contributed by atoms with Crippen molar-refractivity contribution in [1.29, 1.82) is 0 Å². The number of likely N-dealkylation sites (tertiary alicyclic amines) is 1. The SMILES string of the molecule is COCC(=O)N1CCCC(C(=O)NC2CCCC[C@H]2NC(=O)c2ccc(F)cc2)C1. The van der Waals surface area contributed by atoms with Crippen LogP contribution in [0.2, 0.25) is 0 Å². The minimum absolute atomic E-state index is 0.0223. The summed E-state index contributed by atoms with van der Waals surface area (Å²) in [5.41, 5.74) is 0.395. The average molecular weight is 419 g/mol. The molecular weight excluding hydrogens is 389 g/mol. The first-order chi connectivity index (χ1) is 14.5. The number of nitrogens with zero attached hydrogens (tertiary/aromatic N) is 1. The number of methoxy groups -OCH3 is 1. The molecule has 2 N–H and O–H groups in total. The van der Waals surface area contributed by atoms with Crippen LogP contribution >= 0.6 is 0 Å². The second kappa shape index (κ2) is 10.5. The van der Waals surface area contributed by atoms with Gasteiger partial charge < -0.3 is 20.3 Å². The standard InChI is InChI=1S/C22H30FN3O4/c1-30-14-20(27)26-12-4-5-16(13-26)22(29)25-19-7-3-2-6-18(19)24-21(28)15-8-10-17(23)11-9-15/h8-11,16,18-19H,2-7,12-14H2,1H3,(H,24,28)(H,25,29)/t16?,18-,19?/m1/s1. The van der Waals surface area contributed by atoms with Gasteiger partial charge in [-0.1, -0.05) is 12.8 Å². The quantitative estimate of drug-likeness (QED) is 0.737. The summed E-state index contributed by atoms with van der Waals surface area (Å²) >= 11 is 0. The Morgan fingerprint density at radius 2 is 1.70 bits per heavy atom. The Kier molecular flexibility index (Phi) is 7.79. The van der Waals surface area contributed by atoms with Crippen molar-refractivity contribution in [2.75, 3.05) is 26.8 Å². The Hall–Kier alpha value is -2.48. The van der Waals surface area contributed by atoms with Gasteiger partial charge in [0.25, 0.3) is 5.91 Å². The fourth-order valence-corrected chi connectivity index (χ4v) is 4.26. The van der Waals surface area contributed by atoms with Crippen molar-refractivity contribution in [2.45, 2.75) is 50.6 Å². The summed E-state index contributed by atoms with van der Waals surface area (Å²) in [6.45, 7) is 1.06. The molecule has 7 nitrogen and oxygen atoms in total. The number of nitrogens with one attached hydrogen (secondary N) is 2. The predicted molar refractivity (Wildman–Crippen MR) is 109 cm³/mol. The third-order valence-corrected chi connectivity index (χ3v) is 5.93. The minimum atomic E-state index is -0.389. The summed E-state index contributed by atoms with van der Waals surface area (Å²) in [6.07, 6.45) is 5.05. The molecule has 0 radical (unpaired) electrons. The maximum atomic E-state index is 13.1. The molecule has 1 saturated carbocycles. The molecule has 2 fully saturated rings. The molecule has 0 spiro atoms. The van der Waals surface area contributed by atoms with E-state index < -0.39 is 0 Å².